The fourth-order valence-corrected chi connectivity index (χ4v) is 3.04. The molecule has 0 spiro atoms. The van der Waals surface area contributed by atoms with E-state index in [1.54, 1.807) is 22.9 Å². The number of carbonyl (C=O) groups excluding carboxylic acids is 2. The largest absolute Gasteiger partial charge is 0.509 e. The number of aliphatic hydroxyl groups is 1. The number of amides is 2. The van der Waals surface area contributed by atoms with Crippen LogP contribution in [0.1, 0.15) is 32.9 Å². The first-order valence-electron chi connectivity index (χ1n) is 9.50. The molecule has 7 nitrogen and oxygen atoms in total. The van der Waals surface area contributed by atoms with E-state index in [-0.39, 0.29) is 29.9 Å². The Bertz CT molecular complexity index is 903. The second kappa shape index (κ2) is 9.73. The lowest BCUT2D eigenvalue weighted by atomic mass is 10.1. The second-order valence-electron chi connectivity index (χ2n) is 7.09. The van der Waals surface area contributed by atoms with E-state index in [1.807, 2.05) is 39.0 Å². The maximum Gasteiger partial charge on any atom is 0.230 e. The van der Waals surface area contributed by atoms with Crippen molar-refractivity contribution in [3.05, 3.63) is 61.1 Å². The maximum atomic E-state index is 12.5. The summed E-state index contributed by atoms with van der Waals surface area (Å²) in [6, 6.07) is 1.76. The number of hydrogen-bond donors (Lipinski definition) is 3. The first kappa shape index (κ1) is 21.9. The average Bonchev–Trinajstić information content (AvgIpc) is 3.25. The summed E-state index contributed by atoms with van der Waals surface area (Å²) in [5.74, 6) is -0.524. The smallest absolute Gasteiger partial charge is 0.230 e. The number of nitrogens with one attached hydrogen (secondary N) is 2. The molecule has 1 aliphatic heterocycles. The zero-order valence-electron chi connectivity index (χ0n) is 17.1. The van der Waals surface area contributed by atoms with Crippen molar-refractivity contribution in [2.75, 3.05) is 11.9 Å². The molecule has 2 rings (SSSR count). The Labute approximate surface area is 171 Å². The van der Waals surface area contributed by atoms with Gasteiger partial charge in [0.05, 0.1) is 11.6 Å². The summed E-state index contributed by atoms with van der Waals surface area (Å²) in [5.41, 5.74) is 2.27. The molecule has 0 unspecified atom stereocenters. The lowest BCUT2D eigenvalue weighted by molar-refractivity contribution is -0.123. The topological polar surface area (TPSA) is 96.3 Å². The molecule has 1 atom stereocenters. The fraction of sp³-hybridized carbons (Fsp3) is 0.318. The van der Waals surface area contributed by atoms with Crippen molar-refractivity contribution in [2.45, 2.75) is 27.2 Å². The van der Waals surface area contributed by atoms with Crippen LogP contribution in [0.25, 0.3) is 11.3 Å². The van der Waals surface area contributed by atoms with E-state index in [0.717, 1.165) is 11.3 Å². The normalized spacial score (nSPS) is 17.7. The molecule has 0 aromatic carbocycles. The third kappa shape index (κ3) is 5.57. The SMILES string of the molecule is C=C/C=C(\C=C\C)c1cc(NC(=O)[C@@H]2CNC(=O)C2)nn1/C(=C/C(=C)O)C(C)C. The summed E-state index contributed by atoms with van der Waals surface area (Å²) < 4.78 is 1.68. The van der Waals surface area contributed by atoms with Gasteiger partial charge in [-0.05, 0) is 18.4 Å². The third-order valence-corrected chi connectivity index (χ3v) is 4.40. The van der Waals surface area contributed by atoms with Crippen LogP contribution in [-0.2, 0) is 9.59 Å². The van der Waals surface area contributed by atoms with Gasteiger partial charge < -0.3 is 15.7 Å². The Morgan fingerprint density at radius 2 is 2.21 bits per heavy atom. The van der Waals surface area contributed by atoms with Gasteiger partial charge in [0.15, 0.2) is 5.82 Å². The summed E-state index contributed by atoms with van der Waals surface area (Å²) in [5, 5.41) is 19.7. The van der Waals surface area contributed by atoms with Gasteiger partial charge in [0.1, 0.15) is 5.76 Å². The van der Waals surface area contributed by atoms with Crippen LogP contribution in [0.15, 0.2) is 55.4 Å². The van der Waals surface area contributed by atoms with Crippen molar-refractivity contribution in [1.29, 1.82) is 0 Å². The predicted octanol–water partition coefficient (Wildman–Crippen LogP) is 3.67. The molecule has 1 aliphatic rings. The summed E-state index contributed by atoms with van der Waals surface area (Å²) in [6.07, 6.45) is 9.03. The lowest BCUT2D eigenvalue weighted by Crippen LogP contribution is -2.25. The standard InChI is InChI=1S/C22H28N4O3/c1-6-8-16(9-7-2)19-12-20(24-22(29)17-11-21(28)23-13-17)25-26(19)18(14(3)4)10-15(5)27/h6-10,12,14,17,27H,1,5,11,13H2,2-4H3,(H,23,28)(H,24,25,29)/b9-7+,16-8+,18-10+/t17-/m0/s1. The van der Waals surface area contributed by atoms with E-state index in [1.165, 1.54) is 0 Å². The Hall–Kier alpha value is -3.35. The van der Waals surface area contributed by atoms with Crippen LogP contribution in [0, 0.1) is 11.8 Å². The fourth-order valence-electron chi connectivity index (χ4n) is 3.04. The van der Waals surface area contributed by atoms with Crippen LogP contribution in [0.3, 0.4) is 0 Å². The van der Waals surface area contributed by atoms with E-state index in [4.69, 9.17) is 0 Å². The Balaban J connectivity index is 2.51. The molecule has 0 saturated carbocycles. The van der Waals surface area contributed by atoms with Gasteiger partial charge in [0, 0.05) is 30.8 Å². The molecule has 0 aliphatic carbocycles. The summed E-state index contributed by atoms with van der Waals surface area (Å²) in [6.45, 7) is 13.5. The Morgan fingerprint density at radius 3 is 2.72 bits per heavy atom. The monoisotopic (exact) mass is 396 g/mol. The zero-order chi connectivity index (χ0) is 21.6. The predicted molar refractivity (Wildman–Crippen MR) is 116 cm³/mol. The van der Waals surface area contributed by atoms with Gasteiger partial charge in [0.2, 0.25) is 11.8 Å². The van der Waals surface area contributed by atoms with Gasteiger partial charge in [-0.15, -0.1) is 5.10 Å². The summed E-state index contributed by atoms with van der Waals surface area (Å²) in [7, 11) is 0. The van der Waals surface area contributed by atoms with Crippen LogP contribution in [0.2, 0.25) is 0 Å². The molecule has 0 radical (unpaired) electrons. The lowest BCUT2D eigenvalue weighted by Gasteiger charge is -2.15. The van der Waals surface area contributed by atoms with E-state index < -0.39 is 5.92 Å². The highest BCUT2D eigenvalue weighted by molar-refractivity contribution is 5.97. The summed E-state index contributed by atoms with van der Waals surface area (Å²) >= 11 is 0. The molecular weight excluding hydrogens is 368 g/mol. The molecule has 2 amide bonds. The number of hydrogen-bond acceptors (Lipinski definition) is 4. The molecule has 1 fully saturated rings. The van der Waals surface area contributed by atoms with Crippen molar-refractivity contribution in [3.63, 3.8) is 0 Å². The molecule has 1 aromatic heterocycles. The van der Waals surface area contributed by atoms with Crippen LogP contribution < -0.4 is 10.6 Å². The highest BCUT2D eigenvalue weighted by atomic mass is 16.3. The number of anilines is 1. The maximum absolute atomic E-state index is 12.5. The molecule has 7 heteroatoms. The van der Waals surface area contributed by atoms with Crippen LogP contribution >= 0.6 is 0 Å². The zero-order valence-corrected chi connectivity index (χ0v) is 17.1. The molecule has 3 N–H and O–H groups in total. The van der Waals surface area contributed by atoms with Crippen molar-refractivity contribution < 1.29 is 14.7 Å². The van der Waals surface area contributed by atoms with Gasteiger partial charge in [-0.2, -0.15) is 0 Å². The number of rotatable bonds is 8. The van der Waals surface area contributed by atoms with Crippen LogP contribution in [-0.4, -0.2) is 33.2 Å². The van der Waals surface area contributed by atoms with Gasteiger partial charge >= 0.3 is 0 Å². The van der Waals surface area contributed by atoms with E-state index in [9.17, 15) is 14.7 Å². The number of nitrogens with zero attached hydrogens (tertiary/aromatic N) is 2. The van der Waals surface area contributed by atoms with Crippen LogP contribution in [0.4, 0.5) is 5.82 Å². The number of allylic oxidation sites excluding steroid dienone is 7. The summed E-state index contributed by atoms with van der Waals surface area (Å²) in [4.78, 5) is 23.9. The van der Waals surface area contributed by atoms with E-state index >= 15 is 0 Å². The second-order valence-corrected chi connectivity index (χ2v) is 7.09. The van der Waals surface area contributed by atoms with Gasteiger partial charge in [0.25, 0.3) is 0 Å². The van der Waals surface area contributed by atoms with E-state index in [2.05, 4.69) is 28.9 Å². The van der Waals surface area contributed by atoms with Crippen LogP contribution in [0.5, 0.6) is 0 Å². The van der Waals surface area contributed by atoms with Gasteiger partial charge in [-0.1, -0.05) is 51.3 Å². The third-order valence-electron chi connectivity index (χ3n) is 4.40. The molecule has 2 heterocycles. The first-order chi connectivity index (χ1) is 13.8. The minimum atomic E-state index is -0.424. The minimum Gasteiger partial charge on any atom is -0.509 e. The Morgan fingerprint density at radius 1 is 1.48 bits per heavy atom. The molecule has 1 saturated heterocycles. The molecule has 0 bridgehead atoms. The quantitative estimate of drug-likeness (QED) is 0.461. The van der Waals surface area contributed by atoms with Crippen molar-refractivity contribution >= 4 is 28.9 Å². The minimum absolute atomic E-state index is 0.0216. The highest BCUT2D eigenvalue weighted by Crippen LogP contribution is 2.28. The van der Waals surface area contributed by atoms with Gasteiger partial charge in [-0.25, -0.2) is 4.68 Å². The molecule has 29 heavy (non-hydrogen) atoms. The highest BCUT2D eigenvalue weighted by Gasteiger charge is 2.28. The van der Waals surface area contributed by atoms with Crippen molar-refractivity contribution in [3.8, 4) is 0 Å². The van der Waals surface area contributed by atoms with Crippen molar-refractivity contribution in [1.82, 2.24) is 15.1 Å². The first-order valence-corrected chi connectivity index (χ1v) is 9.50. The number of carbonyl (C=O) groups is 2. The number of aliphatic hydroxyl groups excluding tert-OH is 1. The molecular formula is C22H28N4O3. The Kier molecular flexibility index (Phi) is 7.36. The van der Waals surface area contributed by atoms with Crippen molar-refractivity contribution in [2.24, 2.45) is 11.8 Å². The van der Waals surface area contributed by atoms with Gasteiger partial charge in [-0.3, -0.25) is 9.59 Å². The molecule has 154 valence electrons. The average molecular weight is 396 g/mol. The van der Waals surface area contributed by atoms with E-state index in [0.29, 0.717) is 18.1 Å². The number of aromatic nitrogens is 2. The molecule has 1 aromatic rings.